The third-order valence-electron chi connectivity index (χ3n) is 4.04. The van der Waals surface area contributed by atoms with Gasteiger partial charge in [0.15, 0.2) is 5.82 Å². The fourth-order valence-electron chi connectivity index (χ4n) is 2.66. The second-order valence-electron chi connectivity index (χ2n) is 5.42. The molecule has 0 aliphatic carbocycles. The van der Waals surface area contributed by atoms with Gasteiger partial charge in [0.1, 0.15) is 5.82 Å². The molecule has 3 rings (SSSR count). The fraction of sp³-hybridized carbons (Fsp3) is 0.118. The molecule has 0 saturated carbocycles. The maximum atomic E-state index is 14.8. The minimum absolute atomic E-state index is 0.0357. The Labute approximate surface area is 142 Å². The molecule has 0 unspecified atom stereocenters. The first kappa shape index (κ1) is 16.4. The number of hydrogen-bond donors (Lipinski definition) is 3. The lowest BCUT2D eigenvalue weighted by Crippen LogP contribution is -2.03. The van der Waals surface area contributed by atoms with Crippen LogP contribution in [0.1, 0.15) is 5.56 Å². The summed E-state index contributed by atoms with van der Waals surface area (Å²) in [5, 5.41) is 3.53. The number of halogens is 1. The van der Waals surface area contributed by atoms with Crippen LogP contribution in [0.4, 0.5) is 21.6 Å². The average Bonchev–Trinajstić information content (AvgIpc) is 2.61. The van der Waals surface area contributed by atoms with E-state index in [9.17, 15) is 9.18 Å². The number of methoxy groups -OCH3 is 1. The van der Waals surface area contributed by atoms with Gasteiger partial charge in [0, 0.05) is 28.9 Å². The van der Waals surface area contributed by atoms with Gasteiger partial charge in [-0.1, -0.05) is 0 Å². The molecule has 8 heteroatoms. The molecule has 25 heavy (non-hydrogen) atoms. The van der Waals surface area contributed by atoms with Crippen molar-refractivity contribution >= 4 is 34.4 Å². The van der Waals surface area contributed by atoms with Gasteiger partial charge in [-0.15, -0.1) is 0 Å². The summed E-state index contributed by atoms with van der Waals surface area (Å²) in [6.07, 6.45) is 3.41. The molecule has 1 amide bonds. The first-order valence-electron chi connectivity index (χ1n) is 7.35. The highest BCUT2D eigenvalue weighted by atomic mass is 19.1. The largest absolute Gasteiger partial charge is 0.480 e. The highest BCUT2D eigenvalue weighted by molar-refractivity contribution is 5.98. The molecule has 5 N–H and O–H groups in total. The molecule has 0 aliphatic heterocycles. The lowest BCUT2D eigenvalue weighted by Gasteiger charge is -2.14. The molecule has 0 atom stereocenters. The van der Waals surface area contributed by atoms with Gasteiger partial charge in [0.2, 0.25) is 12.3 Å². The molecule has 128 valence electrons. The van der Waals surface area contributed by atoms with Crippen molar-refractivity contribution in [1.82, 2.24) is 9.97 Å². The second kappa shape index (κ2) is 6.23. The number of nitrogens with one attached hydrogen (secondary N) is 1. The number of pyridine rings is 2. The van der Waals surface area contributed by atoms with Crippen molar-refractivity contribution in [1.29, 1.82) is 0 Å². The van der Waals surface area contributed by atoms with Crippen LogP contribution in [0.5, 0.6) is 5.88 Å². The lowest BCUT2D eigenvalue weighted by molar-refractivity contribution is -0.105. The van der Waals surface area contributed by atoms with Crippen LogP contribution in [0.3, 0.4) is 0 Å². The predicted molar refractivity (Wildman–Crippen MR) is 94.7 cm³/mol. The highest BCUT2D eigenvalue weighted by Crippen LogP contribution is 2.37. The molecule has 3 aromatic rings. The number of rotatable bonds is 4. The number of nitrogens with two attached hydrogens (primary N) is 2. The van der Waals surface area contributed by atoms with Crippen molar-refractivity contribution in [3.63, 3.8) is 0 Å². The Balaban J connectivity index is 2.27. The van der Waals surface area contributed by atoms with E-state index in [4.69, 9.17) is 16.2 Å². The zero-order valence-corrected chi connectivity index (χ0v) is 13.6. The SMILES string of the molecule is COc1ncc(-c2cc3cc(NC=O)ncc3c(N)c2F)c(C)c1N. The number of carbonyl (C=O) groups excluding carboxylic acids is 1. The third kappa shape index (κ3) is 2.67. The van der Waals surface area contributed by atoms with Crippen LogP contribution in [0.15, 0.2) is 24.5 Å². The summed E-state index contributed by atoms with van der Waals surface area (Å²) < 4.78 is 19.9. The fourth-order valence-corrected chi connectivity index (χ4v) is 2.66. The number of carbonyl (C=O) groups is 1. The van der Waals surface area contributed by atoms with E-state index < -0.39 is 5.82 Å². The van der Waals surface area contributed by atoms with Crippen LogP contribution in [-0.2, 0) is 4.79 Å². The van der Waals surface area contributed by atoms with Crippen molar-refractivity contribution in [2.75, 3.05) is 23.9 Å². The van der Waals surface area contributed by atoms with E-state index in [1.165, 1.54) is 19.5 Å². The van der Waals surface area contributed by atoms with E-state index in [0.717, 1.165) is 0 Å². The topological polar surface area (TPSA) is 116 Å². The van der Waals surface area contributed by atoms with Crippen LogP contribution in [0.2, 0.25) is 0 Å². The van der Waals surface area contributed by atoms with E-state index in [-0.39, 0.29) is 17.1 Å². The quantitative estimate of drug-likeness (QED) is 0.496. The number of amides is 1. The van der Waals surface area contributed by atoms with Gasteiger partial charge in [-0.05, 0) is 30.0 Å². The number of hydrogen-bond acceptors (Lipinski definition) is 6. The van der Waals surface area contributed by atoms with Crippen molar-refractivity contribution < 1.29 is 13.9 Å². The Morgan fingerprint density at radius 1 is 1.16 bits per heavy atom. The van der Waals surface area contributed by atoms with Gasteiger partial charge in [-0.2, -0.15) is 0 Å². The van der Waals surface area contributed by atoms with Crippen LogP contribution >= 0.6 is 0 Å². The van der Waals surface area contributed by atoms with E-state index in [2.05, 4.69) is 15.3 Å². The van der Waals surface area contributed by atoms with Crippen LogP contribution in [-0.4, -0.2) is 23.5 Å². The van der Waals surface area contributed by atoms with Gasteiger partial charge >= 0.3 is 0 Å². The summed E-state index contributed by atoms with van der Waals surface area (Å²) in [6.45, 7) is 1.75. The Kier molecular flexibility index (Phi) is 4.10. The Morgan fingerprint density at radius 2 is 1.92 bits per heavy atom. The molecule has 2 heterocycles. The molecule has 0 spiro atoms. The lowest BCUT2D eigenvalue weighted by atomic mass is 9.97. The molecule has 1 aromatic carbocycles. The summed E-state index contributed by atoms with van der Waals surface area (Å²) in [4.78, 5) is 18.7. The molecule has 0 saturated heterocycles. The van der Waals surface area contributed by atoms with Crippen LogP contribution < -0.4 is 21.5 Å². The van der Waals surface area contributed by atoms with Gasteiger partial charge < -0.3 is 21.5 Å². The predicted octanol–water partition coefficient (Wildman–Crippen LogP) is 2.49. The molecule has 0 bridgehead atoms. The Bertz CT molecular complexity index is 991. The highest BCUT2D eigenvalue weighted by Gasteiger charge is 2.18. The van der Waals surface area contributed by atoms with E-state index >= 15 is 0 Å². The number of benzene rings is 1. The number of aromatic nitrogens is 2. The minimum atomic E-state index is -0.583. The molecule has 0 radical (unpaired) electrons. The van der Waals surface area contributed by atoms with Gasteiger partial charge in [-0.25, -0.2) is 14.4 Å². The van der Waals surface area contributed by atoms with Crippen molar-refractivity contribution in [3.05, 3.63) is 35.9 Å². The standard InChI is InChI=1S/C17H16FN5O2/c1-8-11(5-22-17(25-2)15(8)19)10-3-9-4-13(23-7-24)21-6-12(9)16(20)14(10)18/h3-7H,19-20H2,1-2H3,(H,21,23,24). The monoisotopic (exact) mass is 341 g/mol. The summed E-state index contributed by atoms with van der Waals surface area (Å²) in [7, 11) is 1.46. The van der Waals surface area contributed by atoms with E-state index in [0.29, 0.717) is 39.8 Å². The van der Waals surface area contributed by atoms with Crippen LogP contribution in [0, 0.1) is 12.7 Å². The summed E-state index contributed by atoms with van der Waals surface area (Å²) in [5.41, 5.74) is 13.6. The van der Waals surface area contributed by atoms with Crippen molar-refractivity contribution in [3.8, 4) is 17.0 Å². The maximum absolute atomic E-state index is 14.8. The smallest absolute Gasteiger partial charge is 0.237 e. The molecular weight excluding hydrogens is 325 g/mol. The first-order chi connectivity index (χ1) is 12.0. The summed E-state index contributed by atoms with van der Waals surface area (Å²) in [5.74, 6) is 0.0282. The normalized spacial score (nSPS) is 10.7. The van der Waals surface area contributed by atoms with E-state index in [1.54, 1.807) is 19.1 Å². The summed E-state index contributed by atoms with van der Waals surface area (Å²) >= 11 is 0. The summed E-state index contributed by atoms with van der Waals surface area (Å²) in [6, 6.07) is 3.23. The average molecular weight is 341 g/mol. The number of nitrogens with zero attached hydrogens (tertiary/aromatic N) is 2. The maximum Gasteiger partial charge on any atom is 0.237 e. The number of nitrogen functional groups attached to an aromatic ring is 2. The van der Waals surface area contributed by atoms with E-state index in [1.807, 2.05) is 0 Å². The van der Waals surface area contributed by atoms with Crippen molar-refractivity contribution in [2.24, 2.45) is 0 Å². The number of anilines is 3. The van der Waals surface area contributed by atoms with Gasteiger partial charge in [0.05, 0.1) is 18.5 Å². The molecule has 2 aromatic heterocycles. The molecule has 7 nitrogen and oxygen atoms in total. The molecular formula is C17H16FN5O2. The van der Waals surface area contributed by atoms with Crippen molar-refractivity contribution in [2.45, 2.75) is 6.92 Å². The third-order valence-corrected chi connectivity index (χ3v) is 4.04. The molecule has 0 aliphatic rings. The second-order valence-corrected chi connectivity index (χ2v) is 5.42. The van der Waals surface area contributed by atoms with Gasteiger partial charge in [-0.3, -0.25) is 4.79 Å². The minimum Gasteiger partial charge on any atom is -0.480 e. The number of ether oxygens (including phenoxy) is 1. The first-order valence-corrected chi connectivity index (χ1v) is 7.35. The van der Waals surface area contributed by atoms with Gasteiger partial charge in [0.25, 0.3) is 0 Å². The molecule has 0 fully saturated rings. The number of fused-ring (bicyclic) bond motifs is 1. The zero-order valence-electron chi connectivity index (χ0n) is 13.6. The zero-order chi connectivity index (χ0) is 18.1. The Hall–Kier alpha value is -3.42. The van der Waals surface area contributed by atoms with Crippen LogP contribution in [0.25, 0.3) is 21.9 Å². The Morgan fingerprint density at radius 3 is 2.60 bits per heavy atom.